The molecule has 2 heterocycles. The maximum Gasteiger partial charge on any atom is 0.189 e. The second kappa shape index (κ2) is 10.3. The third kappa shape index (κ3) is 4.00. The molecule has 8 rings (SSSR count). The Bertz CT molecular complexity index is 2570. The molecule has 0 unspecified atom stereocenters. The summed E-state index contributed by atoms with van der Waals surface area (Å²) in [6, 6.07) is 43.9. The maximum absolute atomic E-state index is 9.79. The van der Waals surface area contributed by atoms with E-state index in [1.54, 1.807) is 6.07 Å². The molecule has 6 heteroatoms. The molecule has 46 heavy (non-hydrogen) atoms. The van der Waals surface area contributed by atoms with Crippen molar-refractivity contribution in [3.8, 4) is 34.6 Å². The molecule has 2 aromatic heterocycles. The molecule has 0 spiro atoms. The number of hydrogen-bond donors (Lipinski definition) is 0. The molecule has 6 nitrogen and oxygen atoms in total. The van der Waals surface area contributed by atoms with Gasteiger partial charge in [-0.15, -0.1) is 0 Å². The van der Waals surface area contributed by atoms with Gasteiger partial charge in [-0.25, -0.2) is 9.69 Å². The van der Waals surface area contributed by atoms with E-state index in [0.717, 1.165) is 66.1 Å². The Hall–Kier alpha value is -7.12. The summed E-state index contributed by atoms with van der Waals surface area (Å²) >= 11 is 0. The van der Waals surface area contributed by atoms with Gasteiger partial charge in [0.2, 0.25) is 0 Å². The third-order valence-electron chi connectivity index (χ3n) is 8.52. The molecule has 0 N–H and O–H groups in total. The summed E-state index contributed by atoms with van der Waals surface area (Å²) in [7, 11) is 0. The van der Waals surface area contributed by atoms with Crippen molar-refractivity contribution >= 4 is 55.0 Å². The van der Waals surface area contributed by atoms with Crippen molar-refractivity contribution in [2.75, 3.05) is 0 Å². The van der Waals surface area contributed by atoms with E-state index < -0.39 is 0 Å². The van der Waals surface area contributed by atoms with Crippen molar-refractivity contribution in [2.45, 2.75) is 0 Å². The van der Waals surface area contributed by atoms with Crippen LogP contribution in [0.4, 0.5) is 11.4 Å². The van der Waals surface area contributed by atoms with Crippen molar-refractivity contribution in [2.24, 2.45) is 0 Å². The van der Waals surface area contributed by atoms with Crippen LogP contribution in [0.1, 0.15) is 11.1 Å². The van der Waals surface area contributed by atoms with Gasteiger partial charge in [-0.2, -0.15) is 10.5 Å². The van der Waals surface area contributed by atoms with Crippen LogP contribution in [0.2, 0.25) is 0 Å². The van der Waals surface area contributed by atoms with E-state index in [9.17, 15) is 10.5 Å². The fourth-order valence-corrected chi connectivity index (χ4v) is 6.56. The van der Waals surface area contributed by atoms with E-state index in [2.05, 4.69) is 73.4 Å². The highest BCUT2D eigenvalue weighted by Crippen LogP contribution is 2.39. The zero-order valence-electron chi connectivity index (χ0n) is 24.2. The Balaban J connectivity index is 1.51. The van der Waals surface area contributed by atoms with E-state index >= 15 is 0 Å². The summed E-state index contributed by atoms with van der Waals surface area (Å²) < 4.78 is 4.41. The standard InChI is InChI=1S/C40H20N6/c1-43-29-12-14-40-36(21-29)34-8-4-6-10-38(34)46(40)32-20-28(27-15-26(24-42)16-30(18-27)44-2)19-31(22-32)45-37-9-5-3-7-33(37)35-17-25(23-41)11-13-39(35)45/h3-22H. The lowest BCUT2D eigenvalue weighted by molar-refractivity contribution is 1.13. The van der Waals surface area contributed by atoms with Crippen molar-refractivity contribution in [1.82, 2.24) is 9.13 Å². The highest BCUT2D eigenvalue weighted by atomic mass is 15.0. The van der Waals surface area contributed by atoms with Gasteiger partial charge in [0.1, 0.15) is 0 Å². The molecule has 0 bridgehead atoms. The second-order valence-corrected chi connectivity index (χ2v) is 11.1. The average Bonchev–Trinajstić information content (AvgIpc) is 3.63. The van der Waals surface area contributed by atoms with Crippen LogP contribution in [0.3, 0.4) is 0 Å². The number of aromatic nitrogens is 2. The van der Waals surface area contributed by atoms with Gasteiger partial charge in [-0.3, -0.25) is 0 Å². The molecular formula is C40H20N6. The van der Waals surface area contributed by atoms with E-state index in [4.69, 9.17) is 13.1 Å². The zero-order chi connectivity index (χ0) is 31.4. The molecule has 8 aromatic rings. The van der Waals surface area contributed by atoms with Crippen LogP contribution < -0.4 is 0 Å². The largest absolute Gasteiger partial charge is 0.309 e. The topological polar surface area (TPSA) is 66.2 Å². The molecule has 0 fully saturated rings. The van der Waals surface area contributed by atoms with Gasteiger partial charge in [0.25, 0.3) is 0 Å². The van der Waals surface area contributed by atoms with Crippen LogP contribution in [0.15, 0.2) is 121 Å². The molecule has 6 aromatic carbocycles. The Morgan fingerprint density at radius 3 is 1.61 bits per heavy atom. The molecule has 0 saturated heterocycles. The van der Waals surface area contributed by atoms with Crippen LogP contribution in [0, 0.1) is 35.8 Å². The first-order valence-corrected chi connectivity index (χ1v) is 14.5. The minimum absolute atomic E-state index is 0.394. The highest BCUT2D eigenvalue weighted by Gasteiger charge is 2.18. The summed E-state index contributed by atoms with van der Waals surface area (Å²) in [6.45, 7) is 15.3. The molecule has 0 aliphatic rings. The minimum Gasteiger partial charge on any atom is -0.309 e. The second-order valence-electron chi connectivity index (χ2n) is 11.1. The van der Waals surface area contributed by atoms with Gasteiger partial charge in [0.15, 0.2) is 11.4 Å². The zero-order valence-corrected chi connectivity index (χ0v) is 24.2. The van der Waals surface area contributed by atoms with Crippen molar-refractivity contribution in [3.63, 3.8) is 0 Å². The minimum atomic E-state index is 0.394. The Morgan fingerprint density at radius 1 is 0.457 bits per heavy atom. The monoisotopic (exact) mass is 584 g/mol. The fourth-order valence-electron chi connectivity index (χ4n) is 6.56. The van der Waals surface area contributed by atoms with Gasteiger partial charge in [0.05, 0.1) is 52.9 Å². The Kier molecular flexibility index (Phi) is 5.91. The number of benzene rings is 6. The lowest BCUT2D eigenvalue weighted by atomic mass is 10.0. The fraction of sp³-hybridized carbons (Fsp3) is 0. The van der Waals surface area contributed by atoms with E-state index in [1.807, 2.05) is 72.8 Å². The molecule has 210 valence electrons. The molecule has 0 amide bonds. The lowest BCUT2D eigenvalue weighted by Gasteiger charge is -2.16. The molecule has 0 aliphatic carbocycles. The summed E-state index contributed by atoms with van der Waals surface area (Å²) in [6.07, 6.45) is 0. The van der Waals surface area contributed by atoms with Crippen LogP contribution >= 0.6 is 0 Å². The first-order chi connectivity index (χ1) is 22.6. The first-order valence-electron chi connectivity index (χ1n) is 14.5. The van der Waals surface area contributed by atoms with Gasteiger partial charge < -0.3 is 9.13 Å². The molecule has 0 aliphatic heterocycles. The summed E-state index contributed by atoms with van der Waals surface area (Å²) in [5.74, 6) is 0. The number of nitrogens with zero attached hydrogens (tertiary/aromatic N) is 6. The molecule has 0 radical (unpaired) electrons. The predicted molar refractivity (Wildman–Crippen MR) is 183 cm³/mol. The lowest BCUT2D eigenvalue weighted by Crippen LogP contribution is -2.00. The average molecular weight is 585 g/mol. The maximum atomic E-state index is 9.79. The number of nitriles is 2. The Labute approximate surface area is 264 Å². The molecular weight excluding hydrogens is 564 g/mol. The van der Waals surface area contributed by atoms with Crippen molar-refractivity contribution < 1.29 is 0 Å². The summed E-state index contributed by atoms with van der Waals surface area (Å²) in [5, 5.41) is 23.5. The third-order valence-corrected chi connectivity index (χ3v) is 8.52. The molecule has 0 saturated carbocycles. The number of para-hydroxylation sites is 2. The van der Waals surface area contributed by atoms with Crippen LogP contribution in [0.5, 0.6) is 0 Å². The first kappa shape index (κ1) is 26.5. The van der Waals surface area contributed by atoms with Crippen LogP contribution in [0.25, 0.3) is 75.8 Å². The summed E-state index contributed by atoms with van der Waals surface area (Å²) in [4.78, 5) is 7.32. The van der Waals surface area contributed by atoms with Crippen LogP contribution in [-0.2, 0) is 0 Å². The number of hydrogen-bond acceptors (Lipinski definition) is 2. The Morgan fingerprint density at radius 2 is 1.00 bits per heavy atom. The van der Waals surface area contributed by atoms with E-state index in [0.29, 0.717) is 22.5 Å². The van der Waals surface area contributed by atoms with Gasteiger partial charge in [0, 0.05) is 33.1 Å². The normalized spacial score (nSPS) is 11.0. The smallest absolute Gasteiger partial charge is 0.189 e. The van der Waals surface area contributed by atoms with Crippen LogP contribution in [-0.4, -0.2) is 9.13 Å². The SMILES string of the molecule is [C-]#[N+]c1cc(C#N)cc(-c2cc(-n3c4ccccc4c4cc(C#N)ccc43)cc(-n3c4ccccc4c4cc([N+]#[C-])ccc43)c2)c1. The van der Waals surface area contributed by atoms with E-state index in [1.165, 1.54) is 0 Å². The molecule has 0 atom stereocenters. The highest BCUT2D eigenvalue weighted by molar-refractivity contribution is 6.11. The van der Waals surface area contributed by atoms with Crippen molar-refractivity contribution in [1.29, 1.82) is 10.5 Å². The quantitative estimate of drug-likeness (QED) is 0.194. The predicted octanol–water partition coefficient (Wildman–Crippen LogP) is 10.4. The van der Waals surface area contributed by atoms with Crippen molar-refractivity contribution in [3.05, 3.63) is 155 Å². The van der Waals surface area contributed by atoms with Gasteiger partial charge in [-0.05, 0) is 95.4 Å². The van der Waals surface area contributed by atoms with E-state index in [-0.39, 0.29) is 0 Å². The number of rotatable bonds is 3. The van der Waals surface area contributed by atoms with Gasteiger partial charge >= 0.3 is 0 Å². The summed E-state index contributed by atoms with van der Waals surface area (Å²) in [5.41, 5.74) is 9.27. The number of fused-ring (bicyclic) bond motifs is 6. The van der Waals surface area contributed by atoms with Gasteiger partial charge in [-0.1, -0.05) is 42.5 Å².